The molecule has 22 heavy (non-hydrogen) atoms. The van der Waals surface area contributed by atoms with Crippen LogP contribution in [0.4, 0.5) is 8.78 Å². The minimum atomic E-state index is -2.91. The van der Waals surface area contributed by atoms with Gasteiger partial charge in [0.05, 0.1) is 6.54 Å². The molecular formula is C18H25F2NO. The van der Waals surface area contributed by atoms with Crippen molar-refractivity contribution >= 4 is 18.6 Å². The second kappa shape index (κ2) is 8.06. The highest BCUT2D eigenvalue weighted by molar-refractivity contribution is 5.95. The molecule has 0 bridgehead atoms. The highest BCUT2D eigenvalue weighted by Crippen LogP contribution is 2.11. The molecule has 0 unspecified atom stereocenters. The van der Waals surface area contributed by atoms with E-state index in [0.717, 1.165) is 48.6 Å². The monoisotopic (exact) mass is 309 g/mol. The molecule has 0 radical (unpaired) electrons. The van der Waals surface area contributed by atoms with Crippen molar-refractivity contribution in [3.8, 4) is 0 Å². The Bertz CT molecular complexity index is 617. The van der Waals surface area contributed by atoms with Crippen LogP contribution in [-0.2, 0) is 6.42 Å². The van der Waals surface area contributed by atoms with E-state index < -0.39 is 18.4 Å². The highest BCUT2D eigenvalue weighted by atomic mass is 19.3. The number of alkyl halides is 2. The van der Waals surface area contributed by atoms with E-state index in [9.17, 15) is 13.6 Å². The lowest BCUT2D eigenvalue weighted by Gasteiger charge is -2.14. The Morgan fingerprint density at radius 1 is 1.32 bits per heavy atom. The highest BCUT2D eigenvalue weighted by Gasteiger charge is 2.22. The van der Waals surface area contributed by atoms with Gasteiger partial charge in [0, 0.05) is 12.5 Å². The van der Waals surface area contributed by atoms with Gasteiger partial charge in [-0.3, -0.25) is 4.79 Å². The number of amides is 1. The van der Waals surface area contributed by atoms with E-state index in [4.69, 9.17) is 0 Å². The fraction of sp³-hybridized carbons (Fsp3) is 0.500. The number of rotatable bonds is 7. The van der Waals surface area contributed by atoms with E-state index in [1.165, 1.54) is 0 Å². The van der Waals surface area contributed by atoms with Gasteiger partial charge >= 0.3 is 0 Å². The number of carbonyl (C=O) groups is 1. The Morgan fingerprint density at radius 2 is 2.00 bits per heavy atom. The van der Waals surface area contributed by atoms with Crippen molar-refractivity contribution in [1.29, 1.82) is 0 Å². The van der Waals surface area contributed by atoms with Gasteiger partial charge in [-0.25, -0.2) is 8.78 Å². The fourth-order valence-corrected chi connectivity index (χ4v) is 2.22. The zero-order valence-corrected chi connectivity index (χ0v) is 13.6. The van der Waals surface area contributed by atoms with Crippen LogP contribution in [0.3, 0.4) is 0 Å². The summed E-state index contributed by atoms with van der Waals surface area (Å²) in [6, 6.07) is 3.66. The third kappa shape index (κ3) is 5.58. The molecule has 0 aliphatic carbocycles. The van der Waals surface area contributed by atoms with Crippen LogP contribution < -0.4 is 15.8 Å². The minimum absolute atomic E-state index is 0.448. The van der Waals surface area contributed by atoms with Gasteiger partial charge in [-0.1, -0.05) is 45.4 Å². The van der Waals surface area contributed by atoms with E-state index in [2.05, 4.69) is 18.8 Å². The summed E-state index contributed by atoms with van der Waals surface area (Å²) in [4.78, 5) is 12.2. The molecule has 0 aliphatic rings. The summed E-state index contributed by atoms with van der Waals surface area (Å²) in [5, 5.41) is 4.09. The van der Waals surface area contributed by atoms with Gasteiger partial charge in [0.25, 0.3) is 11.8 Å². The summed E-state index contributed by atoms with van der Waals surface area (Å²) in [6.45, 7) is 8.24. The first kappa shape index (κ1) is 18.3. The summed E-state index contributed by atoms with van der Waals surface area (Å²) in [5.74, 6) is -3.36. The van der Waals surface area contributed by atoms with Crippen LogP contribution in [0.25, 0.3) is 12.7 Å². The van der Waals surface area contributed by atoms with Gasteiger partial charge < -0.3 is 5.32 Å². The summed E-state index contributed by atoms with van der Waals surface area (Å²) < 4.78 is 25.9. The lowest BCUT2D eigenvalue weighted by molar-refractivity contribution is 0.0220. The molecule has 0 aliphatic heterocycles. The number of benzene rings is 1. The average molecular weight is 309 g/mol. The molecule has 0 atom stereocenters. The first-order valence-corrected chi connectivity index (χ1v) is 7.76. The molecule has 0 heterocycles. The normalized spacial score (nSPS) is 12.5. The Labute approximate surface area is 130 Å². The Hall–Kier alpha value is -1.71. The molecule has 0 saturated carbocycles. The van der Waals surface area contributed by atoms with Gasteiger partial charge in [0.1, 0.15) is 0 Å². The van der Waals surface area contributed by atoms with Crippen molar-refractivity contribution in [3.05, 3.63) is 33.7 Å². The van der Waals surface area contributed by atoms with E-state index in [0.29, 0.717) is 5.56 Å². The molecule has 4 heteroatoms. The predicted molar refractivity (Wildman–Crippen MR) is 87.5 cm³/mol. The van der Waals surface area contributed by atoms with Crippen molar-refractivity contribution in [2.24, 2.45) is 0 Å². The molecule has 0 aromatic heterocycles. The minimum Gasteiger partial charge on any atom is -0.346 e. The third-order valence-electron chi connectivity index (χ3n) is 3.34. The van der Waals surface area contributed by atoms with Gasteiger partial charge in [-0.15, -0.1) is 0 Å². The molecule has 1 amide bonds. The summed E-state index contributed by atoms with van der Waals surface area (Å²) >= 11 is 0. The van der Waals surface area contributed by atoms with E-state index >= 15 is 0 Å². The van der Waals surface area contributed by atoms with Crippen molar-refractivity contribution in [2.45, 2.75) is 52.4 Å². The first-order valence-electron chi connectivity index (χ1n) is 7.76. The number of nitrogens with one attached hydrogen (secondary N) is 1. The molecule has 2 nitrogen and oxygen atoms in total. The van der Waals surface area contributed by atoms with Gasteiger partial charge in [0.2, 0.25) is 0 Å². The maximum atomic E-state index is 12.9. The van der Waals surface area contributed by atoms with Crippen molar-refractivity contribution < 1.29 is 13.6 Å². The lowest BCUT2D eigenvalue weighted by atomic mass is 9.99. The van der Waals surface area contributed by atoms with Gasteiger partial charge in [-0.2, -0.15) is 0 Å². The Balaban J connectivity index is 3.18. The average Bonchev–Trinajstić information content (AvgIpc) is 2.43. The zero-order chi connectivity index (χ0) is 16.8. The molecule has 1 aromatic carbocycles. The standard InChI is InChI=1S/C18H25F2NO/c1-5-7-9-14-11-16(15(8-6-2)10-13(14)3)17(22)21-12-18(4,19)20/h9-11H,3,5-8,12H2,1-2,4H3,(H,21,22)/b14-9-. The van der Waals surface area contributed by atoms with Gasteiger partial charge in [0.15, 0.2) is 0 Å². The van der Waals surface area contributed by atoms with Crippen LogP contribution >= 0.6 is 0 Å². The van der Waals surface area contributed by atoms with Crippen LogP contribution in [-0.4, -0.2) is 18.4 Å². The number of aryl methyl sites for hydroxylation is 1. The van der Waals surface area contributed by atoms with E-state index in [-0.39, 0.29) is 0 Å². The Morgan fingerprint density at radius 3 is 2.55 bits per heavy atom. The predicted octanol–water partition coefficient (Wildman–Crippen LogP) is 3.02. The van der Waals surface area contributed by atoms with Crippen LogP contribution in [0.2, 0.25) is 0 Å². The zero-order valence-electron chi connectivity index (χ0n) is 13.6. The van der Waals surface area contributed by atoms with Crippen molar-refractivity contribution in [1.82, 2.24) is 5.32 Å². The summed E-state index contributed by atoms with van der Waals surface area (Å²) in [5.41, 5.74) is 1.33. The number of carbonyl (C=O) groups excluding carboxylic acids is 1. The topological polar surface area (TPSA) is 29.1 Å². The Kier molecular flexibility index (Phi) is 6.72. The van der Waals surface area contributed by atoms with E-state index in [1.807, 2.05) is 19.1 Å². The number of unbranched alkanes of at least 4 members (excludes halogenated alkanes) is 1. The lowest BCUT2D eigenvalue weighted by Crippen LogP contribution is -2.36. The van der Waals surface area contributed by atoms with Gasteiger partial charge in [-0.05, 0) is 34.9 Å². The van der Waals surface area contributed by atoms with Crippen LogP contribution in [0.15, 0.2) is 12.1 Å². The largest absolute Gasteiger partial charge is 0.346 e. The molecule has 1 aromatic rings. The number of hydrogen-bond donors (Lipinski definition) is 1. The third-order valence-corrected chi connectivity index (χ3v) is 3.34. The SMILES string of the molecule is C=c1cc(CCC)c(C(=O)NCC(C)(F)F)c/c1=C/CCC. The van der Waals surface area contributed by atoms with Crippen LogP contribution in [0.5, 0.6) is 0 Å². The molecular weight excluding hydrogens is 284 g/mol. The maximum Gasteiger partial charge on any atom is 0.262 e. The number of hydrogen-bond acceptors (Lipinski definition) is 1. The molecule has 122 valence electrons. The quantitative estimate of drug-likeness (QED) is 0.824. The maximum absolute atomic E-state index is 12.9. The molecule has 0 fully saturated rings. The summed E-state index contributed by atoms with van der Waals surface area (Å²) in [6.07, 6.45) is 5.52. The van der Waals surface area contributed by atoms with Crippen molar-refractivity contribution in [2.75, 3.05) is 6.54 Å². The second-order valence-corrected chi connectivity index (χ2v) is 5.70. The van der Waals surface area contributed by atoms with E-state index in [1.54, 1.807) is 6.07 Å². The van der Waals surface area contributed by atoms with Crippen molar-refractivity contribution in [3.63, 3.8) is 0 Å². The molecule has 1 N–H and O–H groups in total. The molecule has 1 rings (SSSR count). The smallest absolute Gasteiger partial charge is 0.262 e. The van der Waals surface area contributed by atoms with Crippen LogP contribution in [0, 0.1) is 0 Å². The first-order chi connectivity index (χ1) is 10.3. The number of halogens is 2. The second-order valence-electron chi connectivity index (χ2n) is 5.70. The molecule has 0 spiro atoms. The van der Waals surface area contributed by atoms with Crippen LogP contribution in [0.1, 0.15) is 56.0 Å². The molecule has 0 saturated heterocycles. The summed E-state index contributed by atoms with van der Waals surface area (Å²) in [7, 11) is 0. The fourth-order valence-electron chi connectivity index (χ4n) is 2.22.